The monoisotopic (exact) mass is 482 g/mol. The number of fused-ring (bicyclic) bond motifs is 4. The van der Waals surface area contributed by atoms with Gasteiger partial charge in [0, 0.05) is 11.8 Å². The number of anilines is 2. The number of hydrogen-bond donors (Lipinski definition) is 1. The number of nitrogens with one attached hydrogen (secondary N) is 1. The number of hydrogen-bond acceptors (Lipinski definition) is 3. The molecule has 0 spiro atoms. The molecule has 0 amide bonds. The van der Waals surface area contributed by atoms with Gasteiger partial charge in [-0.15, -0.1) is 0 Å². The Hall–Kier alpha value is -2.80. The summed E-state index contributed by atoms with van der Waals surface area (Å²) in [7, 11) is 3.76. The molecule has 4 nitrogen and oxygen atoms in total. The Bertz CT molecular complexity index is 1290. The third-order valence-electron chi connectivity index (χ3n) is 5.03. The standard InChI is InChI=1S/C23H18N2O2.HI/c1-25-19-9-5-3-7-17(19)21(24-15-11-13-16(26-2)14-12-15)23-22(25)18-8-4-6-10-20(18)27-23;/h3-14H,1-2H3;1H. The zero-order chi connectivity index (χ0) is 18.4. The van der Waals surface area contributed by atoms with Gasteiger partial charge in [0.05, 0.1) is 17.9 Å². The lowest BCUT2D eigenvalue weighted by atomic mass is 10.1. The smallest absolute Gasteiger partial charge is 0.261 e. The first-order valence-corrected chi connectivity index (χ1v) is 8.89. The molecule has 0 aliphatic heterocycles. The summed E-state index contributed by atoms with van der Waals surface area (Å²) in [6.45, 7) is 0. The van der Waals surface area contributed by atoms with E-state index in [9.17, 15) is 0 Å². The Morgan fingerprint density at radius 2 is 1.54 bits per heavy atom. The second-order valence-corrected chi connectivity index (χ2v) is 6.58. The van der Waals surface area contributed by atoms with E-state index in [0.717, 1.165) is 50.1 Å². The van der Waals surface area contributed by atoms with Crippen LogP contribution in [-0.2, 0) is 7.05 Å². The van der Waals surface area contributed by atoms with Crippen LogP contribution in [-0.4, -0.2) is 7.11 Å². The molecule has 5 rings (SSSR count). The van der Waals surface area contributed by atoms with Crippen molar-refractivity contribution in [1.29, 1.82) is 0 Å². The highest BCUT2D eigenvalue weighted by Gasteiger charge is 2.24. The molecule has 1 N–H and O–H groups in total. The minimum absolute atomic E-state index is 0. The van der Waals surface area contributed by atoms with E-state index in [-0.39, 0.29) is 24.0 Å². The van der Waals surface area contributed by atoms with Crippen LogP contribution in [0.15, 0.2) is 77.2 Å². The maximum atomic E-state index is 6.28. The molecule has 2 aromatic heterocycles. The first kappa shape index (κ1) is 18.6. The topological polar surface area (TPSA) is 38.3 Å². The second kappa shape index (κ2) is 7.31. The average Bonchev–Trinajstić information content (AvgIpc) is 3.11. The van der Waals surface area contributed by atoms with E-state index in [4.69, 9.17) is 9.15 Å². The maximum Gasteiger partial charge on any atom is 0.261 e. The zero-order valence-electron chi connectivity index (χ0n) is 15.6. The highest BCUT2D eigenvalue weighted by atomic mass is 127. The van der Waals surface area contributed by atoms with Gasteiger partial charge < -0.3 is 38.4 Å². The third kappa shape index (κ3) is 2.86. The van der Waals surface area contributed by atoms with E-state index in [1.54, 1.807) is 7.11 Å². The van der Waals surface area contributed by atoms with Crippen LogP contribution in [0.1, 0.15) is 0 Å². The minimum Gasteiger partial charge on any atom is -1.00 e. The molecule has 5 heteroatoms. The van der Waals surface area contributed by atoms with Crippen molar-refractivity contribution in [2.24, 2.45) is 7.05 Å². The van der Waals surface area contributed by atoms with Gasteiger partial charge in [-0.2, -0.15) is 4.57 Å². The van der Waals surface area contributed by atoms with Gasteiger partial charge >= 0.3 is 0 Å². The van der Waals surface area contributed by atoms with E-state index < -0.39 is 0 Å². The molecule has 0 fully saturated rings. The summed E-state index contributed by atoms with van der Waals surface area (Å²) in [5.74, 6) is 0.832. The van der Waals surface area contributed by atoms with E-state index in [1.165, 1.54) is 0 Å². The van der Waals surface area contributed by atoms with Crippen molar-refractivity contribution >= 4 is 44.3 Å². The average molecular weight is 482 g/mol. The quantitative estimate of drug-likeness (QED) is 0.317. The number of halogens is 1. The number of rotatable bonds is 3. The highest BCUT2D eigenvalue weighted by molar-refractivity contribution is 6.11. The molecule has 0 bridgehead atoms. The Morgan fingerprint density at radius 3 is 2.29 bits per heavy atom. The number of furan rings is 1. The number of nitrogens with zero attached hydrogens (tertiary/aromatic N) is 1. The first-order valence-electron chi connectivity index (χ1n) is 8.89. The molecular formula is C23H19IN2O2. The molecule has 5 aromatic rings. The van der Waals surface area contributed by atoms with Crippen LogP contribution in [0.5, 0.6) is 5.75 Å². The number of aromatic nitrogens is 1. The van der Waals surface area contributed by atoms with E-state index in [1.807, 2.05) is 42.5 Å². The number of methoxy groups -OCH3 is 1. The van der Waals surface area contributed by atoms with Crippen molar-refractivity contribution in [3.8, 4) is 5.75 Å². The summed E-state index contributed by atoms with van der Waals surface area (Å²) >= 11 is 0. The maximum absolute atomic E-state index is 6.28. The number of pyridine rings is 1. The van der Waals surface area contributed by atoms with Crippen LogP contribution in [0.4, 0.5) is 11.4 Å². The zero-order valence-corrected chi connectivity index (χ0v) is 17.7. The highest BCUT2D eigenvalue weighted by Crippen LogP contribution is 2.37. The summed E-state index contributed by atoms with van der Waals surface area (Å²) in [5.41, 5.74) is 5.92. The van der Waals surface area contributed by atoms with Crippen LogP contribution in [0.3, 0.4) is 0 Å². The lowest BCUT2D eigenvalue weighted by Crippen LogP contribution is -3.00. The summed E-state index contributed by atoms with van der Waals surface area (Å²) < 4.78 is 13.8. The van der Waals surface area contributed by atoms with Gasteiger partial charge in [0.2, 0.25) is 11.1 Å². The Balaban J connectivity index is 0.00000192. The molecule has 0 unspecified atom stereocenters. The largest absolute Gasteiger partial charge is 1.00 e. The van der Waals surface area contributed by atoms with Crippen LogP contribution in [0.2, 0.25) is 0 Å². The van der Waals surface area contributed by atoms with E-state index >= 15 is 0 Å². The molecular weight excluding hydrogens is 463 g/mol. The minimum atomic E-state index is 0. The number of benzene rings is 3. The van der Waals surface area contributed by atoms with Crippen molar-refractivity contribution in [2.45, 2.75) is 0 Å². The second-order valence-electron chi connectivity index (χ2n) is 6.58. The first-order chi connectivity index (χ1) is 13.3. The van der Waals surface area contributed by atoms with Crippen molar-refractivity contribution in [2.75, 3.05) is 12.4 Å². The van der Waals surface area contributed by atoms with E-state index in [2.05, 4.69) is 47.3 Å². The van der Waals surface area contributed by atoms with Crippen LogP contribution < -0.4 is 38.6 Å². The van der Waals surface area contributed by atoms with Crippen molar-refractivity contribution in [3.05, 3.63) is 72.8 Å². The fourth-order valence-corrected chi connectivity index (χ4v) is 3.70. The predicted octanol–water partition coefficient (Wildman–Crippen LogP) is 2.32. The summed E-state index contributed by atoms with van der Waals surface area (Å²) in [6, 6.07) is 24.4. The summed E-state index contributed by atoms with van der Waals surface area (Å²) in [5, 5.41) is 5.79. The van der Waals surface area contributed by atoms with Gasteiger partial charge in [0.15, 0.2) is 0 Å². The Morgan fingerprint density at radius 1 is 0.857 bits per heavy atom. The van der Waals surface area contributed by atoms with Gasteiger partial charge in [0.25, 0.3) is 5.52 Å². The van der Waals surface area contributed by atoms with Gasteiger partial charge in [-0.3, -0.25) is 0 Å². The van der Waals surface area contributed by atoms with Crippen LogP contribution >= 0.6 is 0 Å². The van der Waals surface area contributed by atoms with Gasteiger partial charge in [-0.25, -0.2) is 0 Å². The molecule has 0 radical (unpaired) electrons. The molecule has 3 aromatic carbocycles. The molecule has 0 atom stereocenters. The normalized spacial score (nSPS) is 10.9. The number of ether oxygens (including phenoxy) is 1. The lowest BCUT2D eigenvalue weighted by Gasteiger charge is -2.10. The van der Waals surface area contributed by atoms with Crippen molar-refractivity contribution in [1.82, 2.24) is 0 Å². The fraction of sp³-hybridized carbons (Fsp3) is 0.0870. The molecule has 28 heavy (non-hydrogen) atoms. The number of para-hydroxylation sites is 2. The van der Waals surface area contributed by atoms with Gasteiger partial charge in [-0.05, 0) is 42.5 Å². The van der Waals surface area contributed by atoms with Crippen LogP contribution in [0, 0.1) is 0 Å². The molecule has 0 aliphatic rings. The molecule has 0 saturated carbocycles. The summed E-state index contributed by atoms with van der Waals surface area (Å²) in [4.78, 5) is 0. The van der Waals surface area contributed by atoms with Crippen LogP contribution in [0.25, 0.3) is 33.0 Å². The molecule has 2 heterocycles. The lowest BCUT2D eigenvalue weighted by molar-refractivity contribution is -0.616. The molecule has 140 valence electrons. The molecule has 0 saturated heterocycles. The van der Waals surface area contributed by atoms with E-state index in [0.29, 0.717) is 0 Å². The SMILES string of the molecule is COc1ccc(Nc2c3ccccc3[n+](C)c3c2oc2ccccc23)cc1.[I-]. The molecule has 0 aliphatic carbocycles. The predicted molar refractivity (Wildman–Crippen MR) is 109 cm³/mol. The Labute approximate surface area is 179 Å². The van der Waals surface area contributed by atoms with Crippen molar-refractivity contribution in [3.63, 3.8) is 0 Å². The number of aryl methyl sites for hydroxylation is 1. The summed E-state index contributed by atoms with van der Waals surface area (Å²) in [6.07, 6.45) is 0. The van der Waals surface area contributed by atoms with Crippen molar-refractivity contribution < 1.29 is 37.7 Å². The van der Waals surface area contributed by atoms with Gasteiger partial charge in [0.1, 0.15) is 24.1 Å². The van der Waals surface area contributed by atoms with Gasteiger partial charge in [-0.1, -0.05) is 24.3 Å². The third-order valence-corrected chi connectivity index (χ3v) is 5.03. The fourth-order valence-electron chi connectivity index (χ4n) is 3.70. The Kier molecular flexibility index (Phi) is 4.85.